The highest BCUT2D eigenvalue weighted by atomic mass is 32.2. The van der Waals surface area contributed by atoms with Crippen LogP contribution < -0.4 is 19.5 Å². The Labute approximate surface area is 173 Å². The van der Waals surface area contributed by atoms with Crippen LogP contribution in [0.4, 0.5) is 11.4 Å². The largest absolute Gasteiger partial charge is 0.497 e. The molecule has 0 fully saturated rings. The molecule has 7 nitrogen and oxygen atoms in total. The zero-order chi connectivity index (χ0) is 21.0. The lowest BCUT2D eigenvalue weighted by molar-refractivity contribution is 0.103. The lowest BCUT2D eigenvalue weighted by Crippen LogP contribution is -2.15. The molecule has 0 aliphatic carbocycles. The van der Waals surface area contributed by atoms with Crippen LogP contribution in [0.3, 0.4) is 0 Å². The van der Waals surface area contributed by atoms with E-state index in [1.807, 2.05) is 13.0 Å². The van der Waals surface area contributed by atoms with Gasteiger partial charge in [-0.05, 0) is 61.5 Å². The molecule has 0 spiro atoms. The zero-order valence-corrected chi connectivity index (χ0v) is 17.7. The van der Waals surface area contributed by atoms with Crippen molar-refractivity contribution in [3.8, 4) is 11.5 Å². The van der Waals surface area contributed by atoms with Gasteiger partial charge in [0, 0.05) is 16.3 Å². The topological polar surface area (TPSA) is 93.7 Å². The van der Waals surface area contributed by atoms with E-state index >= 15 is 0 Å². The Morgan fingerprint density at radius 2 is 1.62 bits per heavy atom. The number of carbonyl (C=O) groups is 1. The summed E-state index contributed by atoms with van der Waals surface area (Å²) in [6.45, 7) is 1.91. The van der Waals surface area contributed by atoms with Crippen molar-refractivity contribution < 1.29 is 22.7 Å². The van der Waals surface area contributed by atoms with E-state index < -0.39 is 10.0 Å². The maximum absolute atomic E-state index is 12.9. The van der Waals surface area contributed by atoms with Crippen molar-refractivity contribution in [1.82, 2.24) is 0 Å². The lowest BCUT2D eigenvalue weighted by atomic mass is 10.3. The highest BCUT2D eigenvalue weighted by Crippen LogP contribution is 2.30. The Bertz CT molecular complexity index is 1120. The zero-order valence-electron chi connectivity index (χ0n) is 16.1. The average molecular weight is 433 g/mol. The Morgan fingerprint density at radius 3 is 2.21 bits per heavy atom. The SMILES string of the molecule is COc1ccc(NS(=O)(=O)c2cc(NC(=O)c3ccc(C)s3)ccc2OC)cc1. The number of ether oxygens (including phenoxy) is 2. The predicted octanol–water partition coefficient (Wildman–Crippen LogP) is 4.13. The van der Waals surface area contributed by atoms with E-state index in [1.165, 1.54) is 37.7 Å². The minimum Gasteiger partial charge on any atom is -0.497 e. The van der Waals surface area contributed by atoms with Gasteiger partial charge in [0.1, 0.15) is 16.4 Å². The molecule has 9 heteroatoms. The van der Waals surface area contributed by atoms with Gasteiger partial charge in [-0.15, -0.1) is 11.3 Å². The predicted molar refractivity (Wildman–Crippen MR) is 114 cm³/mol. The van der Waals surface area contributed by atoms with Crippen molar-refractivity contribution in [1.29, 1.82) is 0 Å². The molecule has 0 radical (unpaired) electrons. The van der Waals surface area contributed by atoms with Crippen LogP contribution in [-0.4, -0.2) is 28.5 Å². The minimum absolute atomic E-state index is 0.0871. The Hall–Kier alpha value is -3.04. The van der Waals surface area contributed by atoms with Gasteiger partial charge in [-0.1, -0.05) is 0 Å². The summed E-state index contributed by atoms with van der Waals surface area (Å²) in [6.07, 6.45) is 0. The number of carbonyl (C=O) groups excluding carboxylic acids is 1. The van der Waals surface area contributed by atoms with Crippen LogP contribution >= 0.6 is 11.3 Å². The second-order valence-electron chi connectivity index (χ2n) is 6.06. The van der Waals surface area contributed by atoms with Crippen molar-refractivity contribution >= 4 is 38.6 Å². The number of anilines is 2. The summed E-state index contributed by atoms with van der Waals surface area (Å²) in [4.78, 5) is 13.9. The van der Waals surface area contributed by atoms with Gasteiger partial charge in [0.15, 0.2) is 0 Å². The first-order valence-corrected chi connectivity index (χ1v) is 10.8. The first-order chi connectivity index (χ1) is 13.8. The highest BCUT2D eigenvalue weighted by Gasteiger charge is 2.21. The first kappa shape index (κ1) is 20.7. The molecular weight excluding hydrogens is 412 g/mol. The summed E-state index contributed by atoms with van der Waals surface area (Å²) < 4.78 is 38.6. The van der Waals surface area contributed by atoms with Crippen LogP contribution in [0.1, 0.15) is 14.5 Å². The van der Waals surface area contributed by atoms with E-state index in [-0.39, 0.29) is 16.6 Å². The van der Waals surface area contributed by atoms with E-state index in [0.717, 1.165) is 4.88 Å². The molecule has 3 rings (SSSR count). The van der Waals surface area contributed by atoms with E-state index in [4.69, 9.17) is 9.47 Å². The summed E-state index contributed by atoms with van der Waals surface area (Å²) in [7, 11) is -1.05. The molecule has 0 aliphatic heterocycles. The molecule has 0 aliphatic rings. The van der Waals surface area contributed by atoms with Crippen LogP contribution in [0.15, 0.2) is 59.5 Å². The van der Waals surface area contributed by atoms with Crippen LogP contribution in [0.25, 0.3) is 0 Å². The molecule has 3 aromatic rings. The van der Waals surface area contributed by atoms with Crippen LogP contribution in [0, 0.1) is 6.92 Å². The molecule has 1 heterocycles. The van der Waals surface area contributed by atoms with Gasteiger partial charge in [-0.2, -0.15) is 0 Å². The number of benzene rings is 2. The van der Waals surface area contributed by atoms with Crippen molar-refractivity contribution in [2.24, 2.45) is 0 Å². The second kappa shape index (κ2) is 8.54. The maximum atomic E-state index is 12.9. The number of aryl methyl sites for hydroxylation is 1. The second-order valence-corrected chi connectivity index (χ2v) is 9.00. The number of sulfonamides is 1. The van der Waals surface area contributed by atoms with Crippen molar-refractivity contribution in [3.63, 3.8) is 0 Å². The number of methoxy groups -OCH3 is 2. The molecule has 1 amide bonds. The molecule has 152 valence electrons. The van der Waals surface area contributed by atoms with E-state index in [0.29, 0.717) is 22.0 Å². The Balaban J connectivity index is 1.87. The van der Waals surface area contributed by atoms with Crippen molar-refractivity contribution in [2.45, 2.75) is 11.8 Å². The lowest BCUT2D eigenvalue weighted by Gasteiger charge is -2.14. The van der Waals surface area contributed by atoms with Gasteiger partial charge in [-0.3, -0.25) is 9.52 Å². The molecule has 1 aromatic heterocycles. The molecular formula is C20H20N2O5S2. The van der Waals surface area contributed by atoms with Gasteiger partial charge >= 0.3 is 0 Å². The Kier molecular flexibility index (Phi) is 6.09. The third kappa shape index (κ3) is 4.87. The normalized spacial score (nSPS) is 11.0. The molecule has 29 heavy (non-hydrogen) atoms. The van der Waals surface area contributed by atoms with Crippen molar-refractivity contribution in [2.75, 3.05) is 24.3 Å². The van der Waals surface area contributed by atoms with Gasteiger partial charge in [0.05, 0.1) is 19.1 Å². The highest BCUT2D eigenvalue weighted by molar-refractivity contribution is 7.92. The third-order valence-electron chi connectivity index (χ3n) is 4.02. The van der Waals surface area contributed by atoms with Gasteiger partial charge in [-0.25, -0.2) is 8.42 Å². The van der Waals surface area contributed by atoms with E-state index in [1.54, 1.807) is 36.4 Å². The maximum Gasteiger partial charge on any atom is 0.265 e. The molecule has 0 atom stereocenters. The number of nitrogens with one attached hydrogen (secondary N) is 2. The third-order valence-corrected chi connectivity index (χ3v) is 6.42. The fourth-order valence-corrected chi connectivity index (χ4v) is 4.60. The molecule has 0 unspecified atom stereocenters. The van der Waals surface area contributed by atoms with Crippen LogP contribution in [0.2, 0.25) is 0 Å². The standard InChI is InChI=1S/C20H20N2O5S2/c1-13-4-11-18(28-13)20(23)21-15-7-10-17(27-3)19(12-15)29(24,25)22-14-5-8-16(26-2)9-6-14/h4-12,22H,1-3H3,(H,21,23). The van der Waals surface area contributed by atoms with E-state index in [2.05, 4.69) is 10.0 Å². The summed E-state index contributed by atoms with van der Waals surface area (Å²) >= 11 is 1.36. The molecule has 0 bridgehead atoms. The molecule has 0 saturated carbocycles. The fourth-order valence-electron chi connectivity index (χ4n) is 2.58. The van der Waals surface area contributed by atoms with Crippen molar-refractivity contribution in [3.05, 3.63) is 64.4 Å². The van der Waals surface area contributed by atoms with Gasteiger partial charge in [0.2, 0.25) is 0 Å². The van der Waals surface area contributed by atoms with Gasteiger partial charge < -0.3 is 14.8 Å². The number of thiophene rings is 1. The fraction of sp³-hybridized carbons (Fsp3) is 0.150. The summed E-state index contributed by atoms with van der Waals surface area (Å²) in [6, 6.07) is 14.5. The number of hydrogen-bond donors (Lipinski definition) is 2. The summed E-state index contributed by atoms with van der Waals surface area (Å²) in [5, 5.41) is 2.72. The Morgan fingerprint density at radius 1 is 0.931 bits per heavy atom. The van der Waals surface area contributed by atoms with Gasteiger partial charge in [0.25, 0.3) is 15.9 Å². The first-order valence-electron chi connectivity index (χ1n) is 8.55. The number of amides is 1. The minimum atomic E-state index is -3.96. The number of rotatable bonds is 7. The molecule has 0 saturated heterocycles. The van der Waals surface area contributed by atoms with Crippen LogP contribution in [0.5, 0.6) is 11.5 Å². The van der Waals surface area contributed by atoms with Crippen LogP contribution in [-0.2, 0) is 10.0 Å². The quantitative estimate of drug-likeness (QED) is 0.586. The summed E-state index contributed by atoms with van der Waals surface area (Å²) in [5.41, 5.74) is 0.716. The molecule has 2 aromatic carbocycles. The van der Waals surface area contributed by atoms with E-state index in [9.17, 15) is 13.2 Å². The molecule has 2 N–H and O–H groups in total. The average Bonchev–Trinajstić information content (AvgIpc) is 3.15. The summed E-state index contributed by atoms with van der Waals surface area (Å²) in [5.74, 6) is 0.467. The number of hydrogen-bond acceptors (Lipinski definition) is 6. The smallest absolute Gasteiger partial charge is 0.265 e. The monoisotopic (exact) mass is 432 g/mol.